The lowest BCUT2D eigenvalue weighted by Gasteiger charge is -2.24. The molecule has 1 aromatic rings. The molecule has 1 N–H and O–H groups in total. The molecular formula is C15H24N2O. The van der Waals surface area contributed by atoms with Gasteiger partial charge in [-0.05, 0) is 43.7 Å². The van der Waals surface area contributed by atoms with Crippen LogP contribution in [0.15, 0.2) is 18.3 Å². The highest BCUT2D eigenvalue weighted by Gasteiger charge is 2.29. The molecule has 0 aromatic carbocycles. The van der Waals surface area contributed by atoms with Crippen LogP contribution in [-0.4, -0.2) is 22.7 Å². The second-order valence-electron chi connectivity index (χ2n) is 5.73. The Labute approximate surface area is 110 Å². The number of pyridine rings is 1. The molecule has 18 heavy (non-hydrogen) atoms. The molecule has 0 aliphatic heterocycles. The van der Waals surface area contributed by atoms with E-state index in [-0.39, 0.29) is 0 Å². The van der Waals surface area contributed by atoms with Crippen LogP contribution in [0.25, 0.3) is 0 Å². The first-order chi connectivity index (χ1) is 8.58. The quantitative estimate of drug-likeness (QED) is 0.840. The van der Waals surface area contributed by atoms with E-state index in [4.69, 9.17) is 0 Å². The zero-order valence-corrected chi connectivity index (χ0v) is 11.6. The summed E-state index contributed by atoms with van der Waals surface area (Å²) < 4.78 is 0. The second-order valence-corrected chi connectivity index (χ2v) is 5.73. The molecule has 1 atom stereocenters. The van der Waals surface area contributed by atoms with Gasteiger partial charge in [-0.25, -0.2) is 4.98 Å². The molecule has 3 heteroatoms. The van der Waals surface area contributed by atoms with Crippen molar-refractivity contribution >= 4 is 5.82 Å². The van der Waals surface area contributed by atoms with Crippen molar-refractivity contribution in [2.45, 2.75) is 52.2 Å². The van der Waals surface area contributed by atoms with E-state index >= 15 is 0 Å². The average molecular weight is 248 g/mol. The zero-order chi connectivity index (χ0) is 13.1. The fourth-order valence-corrected chi connectivity index (χ4v) is 2.08. The Morgan fingerprint density at radius 1 is 1.33 bits per heavy atom. The minimum Gasteiger partial charge on any atom is -0.389 e. The molecular weight excluding hydrogens is 224 g/mol. The highest BCUT2D eigenvalue weighted by atomic mass is 16.3. The summed E-state index contributed by atoms with van der Waals surface area (Å²) in [5, 5.41) is 9.50. The van der Waals surface area contributed by atoms with Gasteiger partial charge in [0.05, 0.1) is 6.10 Å². The summed E-state index contributed by atoms with van der Waals surface area (Å²) in [4.78, 5) is 6.93. The van der Waals surface area contributed by atoms with Gasteiger partial charge in [0, 0.05) is 18.8 Å². The molecule has 2 rings (SSSR count). The molecule has 1 aliphatic rings. The SMILES string of the molecule is CC(C)CCN(c1ccc([C@@H](C)O)cn1)C1CC1. The van der Waals surface area contributed by atoms with Gasteiger partial charge in [-0.2, -0.15) is 0 Å². The molecule has 1 aromatic heterocycles. The number of nitrogens with zero attached hydrogens (tertiary/aromatic N) is 2. The van der Waals surface area contributed by atoms with E-state index < -0.39 is 6.10 Å². The number of aromatic nitrogens is 1. The molecule has 1 heterocycles. The minimum absolute atomic E-state index is 0.434. The third-order valence-electron chi connectivity index (χ3n) is 3.48. The van der Waals surface area contributed by atoms with Gasteiger partial charge in [-0.1, -0.05) is 19.9 Å². The molecule has 1 fully saturated rings. The van der Waals surface area contributed by atoms with Gasteiger partial charge in [0.15, 0.2) is 0 Å². The summed E-state index contributed by atoms with van der Waals surface area (Å²) in [6.07, 6.45) is 5.15. The van der Waals surface area contributed by atoms with Crippen LogP contribution in [0.1, 0.15) is 51.7 Å². The molecule has 0 amide bonds. The zero-order valence-electron chi connectivity index (χ0n) is 11.6. The predicted molar refractivity (Wildman–Crippen MR) is 74.7 cm³/mol. The van der Waals surface area contributed by atoms with Gasteiger partial charge in [0.2, 0.25) is 0 Å². The van der Waals surface area contributed by atoms with Crippen molar-refractivity contribution in [2.75, 3.05) is 11.4 Å². The third kappa shape index (κ3) is 3.45. The van der Waals surface area contributed by atoms with Crippen molar-refractivity contribution in [2.24, 2.45) is 5.92 Å². The normalized spacial score (nSPS) is 16.9. The Kier molecular flexibility index (Phi) is 4.23. The molecule has 3 nitrogen and oxygen atoms in total. The summed E-state index contributed by atoms with van der Waals surface area (Å²) in [5.74, 6) is 1.78. The Morgan fingerprint density at radius 3 is 2.50 bits per heavy atom. The van der Waals surface area contributed by atoms with Crippen LogP contribution in [0.2, 0.25) is 0 Å². The number of aliphatic hydroxyl groups is 1. The van der Waals surface area contributed by atoms with Crippen molar-refractivity contribution in [1.29, 1.82) is 0 Å². The van der Waals surface area contributed by atoms with E-state index in [1.54, 1.807) is 13.1 Å². The lowest BCUT2D eigenvalue weighted by molar-refractivity contribution is 0.199. The summed E-state index contributed by atoms with van der Waals surface area (Å²) in [6.45, 7) is 7.38. The van der Waals surface area contributed by atoms with Crippen LogP contribution >= 0.6 is 0 Å². The lowest BCUT2D eigenvalue weighted by Crippen LogP contribution is -2.28. The van der Waals surface area contributed by atoms with Gasteiger partial charge < -0.3 is 10.0 Å². The molecule has 0 saturated heterocycles. The van der Waals surface area contributed by atoms with Crippen LogP contribution in [0.5, 0.6) is 0 Å². The van der Waals surface area contributed by atoms with Gasteiger partial charge in [0.25, 0.3) is 0 Å². The van der Waals surface area contributed by atoms with Crippen LogP contribution in [-0.2, 0) is 0 Å². The van der Waals surface area contributed by atoms with Gasteiger partial charge in [-0.15, -0.1) is 0 Å². The van der Waals surface area contributed by atoms with Crippen LogP contribution in [0.3, 0.4) is 0 Å². The fraction of sp³-hybridized carbons (Fsp3) is 0.667. The van der Waals surface area contributed by atoms with E-state index in [0.717, 1.165) is 23.8 Å². The highest BCUT2D eigenvalue weighted by Crippen LogP contribution is 2.31. The van der Waals surface area contributed by atoms with Crippen molar-refractivity contribution in [3.8, 4) is 0 Å². The van der Waals surface area contributed by atoms with Crippen LogP contribution < -0.4 is 4.90 Å². The maximum Gasteiger partial charge on any atom is 0.128 e. The van der Waals surface area contributed by atoms with Gasteiger partial charge in [0.1, 0.15) is 5.82 Å². The van der Waals surface area contributed by atoms with Crippen LogP contribution in [0, 0.1) is 5.92 Å². The largest absolute Gasteiger partial charge is 0.389 e. The number of aliphatic hydroxyl groups excluding tert-OH is 1. The Morgan fingerprint density at radius 2 is 2.06 bits per heavy atom. The van der Waals surface area contributed by atoms with Crippen LogP contribution in [0.4, 0.5) is 5.82 Å². The molecule has 0 spiro atoms. The summed E-state index contributed by atoms with van der Waals surface area (Å²) in [7, 11) is 0. The van der Waals surface area contributed by atoms with E-state index in [2.05, 4.69) is 23.7 Å². The number of rotatable bonds is 6. The van der Waals surface area contributed by atoms with E-state index in [1.165, 1.54) is 19.3 Å². The second kappa shape index (κ2) is 5.70. The van der Waals surface area contributed by atoms with Crippen molar-refractivity contribution < 1.29 is 5.11 Å². The lowest BCUT2D eigenvalue weighted by atomic mass is 10.1. The topological polar surface area (TPSA) is 36.4 Å². The summed E-state index contributed by atoms with van der Waals surface area (Å²) in [6, 6.07) is 4.71. The van der Waals surface area contributed by atoms with Gasteiger partial charge >= 0.3 is 0 Å². The summed E-state index contributed by atoms with van der Waals surface area (Å²) in [5.41, 5.74) is 0.887. The van der Waals surface area contributed by atoms with Gasteiger partial charge in [-0.3, -0.25) is 0 Å². The predicted octanol–water partition coefficient (Wildman–Crippen LogP) is 3.15. The maximum absolute atomic E-state index is 9.50. The third-order valence-corrected chi connectivity index (χ3v) is 3.48. The smallest absolute Gasteiger partial charge is 0.128 e. The summed E-state index contributed by atoms with van der Waals surface area (Å²) >= 11 is 0. The maximum atomic E-state index is 9.50. The molecule has 0 unspecified atom stereocenters. The Balaban J connectivity index is 2.05. The highest BCUT2D eigenvalue weighted by molar-refractivity contribution is 5.42. The monoisotopic (exact) mass is 248 g/mol. The molecule has 1 saturated carbocycles. The van der Waals surface area contributed by atoms with E-state index in [0.29, 0.717) is 6.04 Å². The first-order valence-electron chi connectivity index (χ1n) is 6.98. The fourth-order valence-electron chi connectivity index (χ4n) is 2.08. The minimum atomic E-state index is -0.434. The number of anilines is 1. The first kappa shape index (κ1) is 13.3. The van der Waals surface area contributed by atoms with Crippen molar-refractivity contribution in [3.63, 3.8) is 0 Å². The standard InChI is InChI=1S/C15H24N2O/c1-11(2)8-9-17(14-5-6-14)15-7-4-13(10-16-15)12(3)18/h4,7,10-12,14,18H,5-6,8-9H2,1-3H3/t12-/m1/s1. The molecule has 1 aliphatic carbocycles. The Hall–Kier alpha value is -1.09. The first-order valence-corrected chi connectivity index (χ1v) is 6.98. The molecule has 0 bridgehead atoms. The number of hydrogen-bond donors (Lipinski definition) is 1. The van der Waals surface area contributed by atoms with Crippen molar-refractivity contribution in [3.05, 3.63) is 23.9 Å². The Bertz CT molecular complexity index is 369. The van der Waals surface area contributed by atoms with Crippen molar-refractivity contribution in [1.82, 2.24) is 4.98 Å². The van der Waals surface area contributed by atoms with E-state index in [1.807, 2.05) is 12.1 Å². The number of hydrogen-bond acceptors (Lipinski definition) is 3. The van der Waals surface area contributed by atoms with E-state index in [9.17, 15) is 5.11 Å². The molecule has 0 radical (unpaired) electrons. The molecule has 100 valence electrons. The average Bonchev–Trinajstić information content (AvgIpc) is 3.14.